The first-order valence-electron chi connectivity index (χ1n) is 8.15. The first-order valence-corrected chi connectivity index (χ1v) is 8.15. The molecule has 2 aromatic heterocycles. The monoisotopic (exact) mass is 377 g/mol. The molecule has 0 bridgehead atoms. The zero-order valence-corrected chi connectivity index (χ0v) is 14.0. The molecule has 0 aliphatic carbocycles. The Kier molecular flexibility index (Phi) is 4.44. The number of hydrogen-bond acceptors (Lipinski definition) is 7. The zero-order valence-electron chi connectivity index (χ0n) is 14.0. The van der Waals surface area contributed by atoms with E-state index in [0.717, 1.165) is 6.20 Å². The van der Waals surface area contributed by atoms with E-state index in [0.29, 0.717) is 32.0 Å². The van der Waals surface area contributed by atoms with Gasteiger partial charge >= 0.3 is 6.18 Å². The van der Waals surface area contributed by atoms with Gasteiger partial charge in [-0.1, -0.05) is 18.2 Å². The molecule has 4 rings (SSSR count). The minimum atomic E-state index is -4.69. The normalized spacial score (nSPS) is 15.1. The number of aromatic nitrogens is 6. The van der Waals surface area contributed by atoms with Crippen molar-refractivity contribution < 1.29 is 17.9 Å². The molecule has 8 nitrogen and oxygen atoms in total. The van der Waals surface area contributed by atoms with Gasteiger partial charge in [0.1, 0.15) is 0 Å². The van der Waals surface area contributed by atoms with Crippen LogP contribution in [0.2, 0.25) is 0 Å². The fraction of sp³-hybridized carbons (Fsp3) is 0.312. The number of tetrazole rings is 1. The molecule has 27 heavy (non-hydrogen) atoms. The van der Waals surface area contributed by atoms with Crippen LogP contribution in [0.4, 0.5) is 19.1 Å². The van der Waals surface area contributed by atoms with Gasteiger partial charge in [0.15, 0.2) is 11.5 Å². The molecule has 0 atom stereocenters. The Morgan fingerprint density at radius 1 is 1.04 bits per heavy atom. The van der Waals surface area contributed by atoms with E-state index in [1.54, 1.807) is 35.2 Å². The Labute approximate surface area is 151 Å². The molecule has 0 unspecified atom stereocenters. The fourth-order valence-electron chi connectivity index (χ4n) is 2.77. The highest BCUT2D eigenvalue weighted by Gasteiger charge is 2.38. The smallest absolute Gasteiger partial charge is 0.378 e. The highest BCUT2D eigenvalue weighted by Crippen LogP contribution is 2.36. The van der Waals surface area contributed by atoms with Crippen molar-refractivity contribution in [2.24, 2.45) is 0 Å². The van der Waals surface area contributed by atoms with Crippen LogP contribution in [0.1, 0.15) is 5.69 Å². The van der Waals surface area contributed by atoms with Gasteiger partial charge in [-0.25, -0.2) is 9.97 Å². The molecule has 0 radical (unpaired) electrons. The largest absolute Gasteiger partial charge is 0.434 e. The second-order valence-electron chi connectivity index (χ2n) is 5.78. The minimum absolute atomic E-state index is 0.00751. The van der Waals surface area contributed by atoms with Crippen molar-refractivity contribution in [3.63, 3.8) is 0 Å². The van der Waals surface area contributed by atoms with Crippen LogP contribution in [0.15, 0.2) is 36.5 Å². The number of benzene rings is 1. The van der Waals surface area contributed by atoms with Gasteiger partial charge in [0, 0.05) is 19.3 Å². The third-order valence-corrected chi connectivity index (χ3v) is 4.05. The second kappa shape index (κ2) is 6.91. The van der Waals surface area contributed by atoms with Crippen LogP contribution >= 0.6 is 0 Å². The maximum absolute atomic E-state index is 13.7. The standard InChI is InChI=1S/C16H14F3N7O/c17-16(18,19)13-12(10-20-15(21-13)25-6-8-27-9-7-25)14-22-23-24-26(14)11-4-2-1-3-5-11/h1-5,10H,6-9H2. The average Bonchev–Trinajstić information content (AvgIpc) is 3.18. The summed E-state index contributed by atoms with van der Waals surface area (Å²) in [7, 11) is 0. The van der Waals surface area contributed by atoms with Gasteiger partial charge in [-0.15, -0.1) is 5.10 Å². The maximum Gasteiger partial charge on any atom is 0.434 e. The van der Waals surface area contributed by atoms with Crippen LogP contribution in [0.3, 0.4) is 0 Å². The van der Waals surface area contributed by atoms with Gasteiger partial charge < -0.3 is 9.64 Å². The lowest BCUT2D eigenvalue weighted by Gasteiger charge is -2.27. The van der Waals surface area contributed by atoms with Crippen LogP contribution in [-0.2, 0) is 10.9 Å². The predicted molar refractivity (Wildman–Crippen MR) is 88.2 cm³/mol. The number of halogens is 3. The summed E-state index contributed by atoms with van der Waals surface area (Å²) in [5, 5.41) is 11.1. The first kappa shape index (κ1) is 17.3. The van der Waals surface area contributed by atoms with Gasteiger partial charge in [-0.05, 0) is 22.6 Å². The molecule has 3 aromatic rings. The van der Waals surface area contributed by atoms with E-state index in [-0.39, 0.29) is 17.3 Å². The molecule has 0 amide bonds. The van der Waals surface area contributed by atoms with Crippen molar-refractivity contribution in [3.8, 4) is 17.1 Å². The van der Waals surface area contributed by atoms with Crippen LogP contribution < -0.4 is 4.90 Å². The van der Waals surface area contributed by atoms with Crippen molar-refractivity contribution in [2.75, 3.05) is 31.2 Å². The van der Waals surface area contributed by atoms with Crippen molar-refractivity contribution in [1.82, 2.24) is 30.2 Å². The van der Waals surface area contributed by atoms with Crippen molar-refractivity contribution in [2.45, 2.75) is 6.18 Å². The number of alkyl halides is 3. The molecule has 0 N–H and O–H groups in total. The summed E-state index contributed by atoms with van der Waals surface area (Å²) in [5.41, 5.74) is -0.831. The van der Waals surface area contributed by atoms with Gasteiger partial charge in [-0.2, -0.15) is 17.9 Å². The van der Waals surface area contributed by atoms with E-state index in [1.165, 1.54) is 4.68 Å². The number of ether oxygens (including phenoxy) is 1. The lowest BCUT2D eigenvalue weighted by molar-refractivity contribution is -0.140. The number of morpholine rings is 1. The Morgan fingerprint density at radius 3 is 2.48 bits per heavy atom. The molecular weight excluding hydrogens is 363 g/mol. The average molecular weight is 377 g/mol. The summed E-state index contributed by atoms with van der Waals surface area (Å²) in [6.45, 7) is 1.69. The molecule has 1 saturated heterocycles. The maximum atomic E-state index is 13.7. The lowest BCUT2D eigenvalue weighted by Crippen LogP contribution is -2.37. The molecule has 1 aliphatic heterocycles. The van der Waals surface area contributed by atoms with Gasteiger partial charge in [0.2, 0.25) is 5.95 Å². The van der Waals surface area contributed by atoms with Crippen molar-refractivity contribution in [1.29, 1.82) is 0 Å². The number of anilines is 1. The minimum Gasteiger partial charge on any atom is -0.378 e. The fourth-order valence-corrected chi connectivity index (χ4v) is 2.77. The van der Waals surface area contributed by atoms with Crippen LogP contribution in [0.25, 0.3) is 17.1 Å². The van der Waals surface area contributed by atoms with E-state index >= 15 is 0 Å². The van der Waals surface area contributed by atoms with Gasteiger partial charge in [0.05, 0.1) is 24.5 Å². The van der Waals surface area contributed by atoms with E-state index < -0.39 is 11.9 Å². The first-order chi connectivity index (χ1) is 13.0. The zero-order chi connectivity index (χ0) is 18.9. The summed E-state index contributed by atoms with van der Waals surface area (Å²) in [4.78, 5) is 9.56. The molecular formula is C16H14F3N7O. The molecule has 140 valence electrons. The van der Waals surface area contributed by atoms with Crippen LogP contribution in [0, 0.1) is 0 Å². The summed E-state index contributed by atoms with van der Waals surface area (Å²) in [5.74, 6) is -0.0739. The number of nitrogens with zero attached hydrogens (tertiary/aromatic N) is 7. The van der Waals surface area contributed by atoms with E-state index in [2.05, 4.69) is 25.5 Å². The third-order valence-electron chi connectivity index (χ3n) is 4.05. The highest BCUT2D eigenvalue weighted by atomic mass is 19.4. The summed E-state index contributed by atoms with van der Waals surface area (Å²) in [6, 6.07) is 8.65. The topological polar surface area (TPSA) is 81.8 Å². The summed E-state index contributed by atoms with van der Waals surface area (Å²) < 4.78 is 47.6. The SMILES string of the molecule is FC(F)(F)c1nc(N2CCOCC2)ncc1-c1nnnn1-c1ccccc1. The quantitative estimate of drug-likeness (QED) is 0.690. The molecule has 11 heteroatoms. The molecule has 1 fully saturated rings. The molecule has 1 aliphatic rings. The lowest BCUT2D eigenvalue weighted by atomic mass is 10.2. The van der Waals surface area contributed by atoms with Gasteiger partial charge in [0.25, 0.3) is 0 Å². The van der Waals surface area contributed by atoms with Crippen LogP contribution in [-0.4, -0.2) is 56.5 Å². The highest BCUT2D eigenvalue weighted by molar-refractivity contribution is 5.61. The third kappa shape index (κ3) is 3.45. The summed E-state index contributed by atoms with van der Waals surface area (Å²) in [6.07, 6.45) is -3.57. The second-order valence-corrected chi connectivity index (χ2v) is 5.78. The molecule has 3 heterocycles. The van der Waals surface area contributed by atoms with Gasteiger partial charge in [-0.3, -0.25) is 0 Å². The number of rotatable bonds is 3. The molecule has 0 spiro atoms. The summed E-state index contributed by atoms with van der Waals surface area (Å²) >= 11 is 0. The Bertz CT molecular complexity index is 923. The number of hydrogen-bond donors (Lipinski definition) is 0. The van der Waals surface area contributed by atoms with Crippen LogP contribution in [0.5, 0.6) is 0 Å². The number of para-hydroxylation sites is 1. The van der Waals surface area contributed by atoms with E-state index in [9.17, 15) is 13.2 Å². The predicted octanol–water partition coefficient (Wildman–Crippen LogP) is 1.97. The van der Waals surface area contributed by atoms with E-state index in [4.69, 9.17) is 4.74 Å². The Morgan fingerprint density at radius 2 is 1.78 bits per heavy atom. The Hall–Kier alpha value is -3.08. The molecule has 0 saturated carbocycles. The van der Waals surface area contributed by atoms with E-state index in [1.807, 2.05) is 0 Å². The molecule has 1 aromatic carbocycles. The van der Waals surface area contributed by atoms with Crippen molar-refractivity contribution in [3.05, 3.63) is 42.2 Å². The Balaban J connectivity index is 1.81. The van der Waals surface area contributed by atoms with Crippen molar-refractivity contribution >= 4 is 5.95 Å².